The number of hydrogen-bond donors (Lipinski definition) is 1. The first-order chi connectivity index (χ1) is 8.26. The molecule has 0 saturated heterocycles. The van der Waals surface area contributed by atoms with Crippen LogP contribution in [0.15, 0.2) is 30.5 Å². The highest BCUT2D eigenvalue weighted by atomic mass is 15.3. The third-order valence-corrected chi connectivity index (χ3v) is 2.92. The minimum Gasteiger partial charge on any atom is -0.330 e. The van der Waals surface area contributed by atoms with Crippen LogP contribution < -0.4 is 5.73 Å². The monoisotopic (exact) mass is 229 g/mol. The van der Waals surface area contributed by atoms with Gasteiger partial charge in [-0.05, 0) is 38.4 Å². The molecule has 2 rings (SSSR count). The molecule has 0 aliphatic rings. The SMILES string of the molecule is CCn1ncc(CCN)c1-c1cccc(C)c1. The van der Waals surface area contributed by atoms with Gasteiger partial charge in [-0.3, -0.25) is 4.68 Å². The third kappa shape index (κ3) is 2.39. The predicted molar refractivity (Wildman–Crippen MR) is 70.8 cm³/mol. The van der Waals surface area contributed by atoms with Crippen LogP contribution in [-0.4, -0.2) is 16.3 Å². The summed E-state index contributed by atoms with van der Waals surface area (Å²) in [6.45, 7) is 5.76. The summed E-state index contributed by atoms with van der Waals surface area (Å²) in [5.74, 6) is 0. The molecule has 0 aliphatic heterocycles. The van der Waals surface area contributed by atoms with E-state index in [2.05, 4.69) is 43.2 Å². The lowest BCUT2D eigenvalue weighted by atomic mass is 10.0. The Hall–Kier alpha value is -1.61. The lowest BCUT2D eigenvalue weighted by molar-refractivity contribution is 0.666. The zero-order valence-electron chi connectivity index (χ0n) is 10.5. The fourth-order valence-electron chi connectivity index (χ4n) is 2.13. The first-order valence-corrected chi connectivity index (χ1v) is 6.08. The molecule has 0 fully saturated rings. The van der Waals surface area contributed by atoms with E-state index >= 15 is 0 Å². The Labute approximate surface area is 102 Å². The van der Waals surface area contributed by atoms with Crippen LogP contribution in [0.5, 0.6) is 0 Å². The maximum absolute atomic E-state index is 5.65. The van der Waals surface area contributed by atoms with Gasteiger partial charge in [0.05, 0.1) is 11.9 Å². The molecule has 2 aromatic rings. The fourth-order valence-corrected chi connectivity index (χ4v) is 2.13. The zero-order chi connectivity index (χ0) is 12.3. The lowest BCUT2D eigenvalue weighted by Crippen LogP contribution is -2.05. The van der Waals surface area contributed by atoms with Crippen molar-refractivity contribution in [2.45, 2.75) is 26.8 Å². The number of benzene rings is 1. The average Bonchev–Trinajstić information content (AvgIpc) is 2.72. The van der Waals surface area contributed by atoms with Crippen LogP contribution in [0.3, 0.4) is 0 Å². The smallest absolute Gasteiger partial charge is 0.0714 e. The highest BCUT2D eigenvalue weighted by Gasteiger charge is 2.11. The van der Waals surface area contributed by atoms with Gasteiger partial charge >= 0.3 is 0 Å². The summed E-state index contributed by atoms with van der Waals surface area (Å²) < 4.78 is 2.04. The van der Waals surface area contributed by atoms with Crippen LogP contribution in [-0.2, 0) is 13.0 Å². The van der Waals surface area contributed by atoms with Crippen molar-refractivity contribution in [3.05, 3.63) is 41.6 Å². The molecule has 90 valence electrons. The minimum absolute atomic E-state index is 0.661. The summed E-state index contributed by atoms with van der Waals surface area (Å²) >= 11 is 0. The summed E-state index contributed by atoms with van der Waals surface area (Å²) in [5.41, 5.74) is 10.6. The molecule has 0 bridgehead atoms. The van der Waals surface area contributed by atoms with Gasteiger partial charge in [-0.2, -0.15) is 5.10 Å². The summed E-state index contributed by atoms with van der Waals surface area (Å²) in [6, 6.07) is 8.53. The highest BCUT2D eigenvalue weighted by molar-refractivity contribution is 5.64. The Morgan fingerprint density at radius 1 is 1.35 bits per heavy atom. The Kier molecular flexibility index (Phi) is 3.59. The molecule has 0 spiro atoms. The van der Waals surface area contributed by atoms with Crippen molar-refractivity contribution in [2.24, 2.45) is 5.73 Å². The Balaban J connectivity index is 2.51. The van der Waals surface area contributed by atoms with Gasteiger partial charge in [-0.25, -0.2) is 0 Å². The molecule has 17 heavy (non-hydrogen) atoms. The van der Waals surface area contributed by atoms with Crippen molar-refractivity contribution in [3.63, 3.8) is 0 Å². The molecule has 3 nitrogen and oxygen atoms in total. The topological polar surface area (TPSA) is 43.8 Å². The molecule has 1 aromatic carbocycles. The summed E-state index contributed by atoms with van der Waals surface area (Å²) in [5, 5.41) is 4.42. The van der Waals surface area contributed by atoms with E-state index in [9.17, 15) is 0 Å². The summed E-state index contributed by atoms with van der Waals surface area (Å²) in [4.78, 5) is 0. The molecular weight excluding hydrogens is 210 g/mol. The van der Waals surface area contributed by atoms with E-state index in [0.29, 0.717) is 6.54 Å². The zero-order valence-corrected chi connectivity index (χ0v) is 10.5. The first-order valence-electron chi connectivity index (χ1n) is 6.08. The van der Waals surface area contributed by atoms with E-state index in [1.165, 1.54) is 22.4 Å². The molecule has 1 aromatic heterocycles. The first kappa shape index (κ1) is 11.9. The van der Waals surface area contributed by atoms with E-state index in [0.717, 1.165) is 13.0 Å². The Morgan fingerprint density at radius 2 is 2.18 bits per heavy atom. The van der Waals surface area contributed by atoms with Crippen molar-refractivity contribution in [1.82, 2.24) is 9.78 Å². The fraction of sp³-hybridized carbons (Fsp3) is 0.357. The van der Waals surface area contributed by atoms with Crippen molar-refractivity contribution in [1.29, 1.82) is 0 Å². The third-order valence-electron chi connectivity index (χ3n) is 2.92. The van der Waals surface area contributed by atoms with Gasteiger partial charge in [0.25, 0.3) is 0 Å². The molecule has 3 heteroatoms. The van der Waals surface area contributed by atoms with Crippen molar-refractivity contribution in [3.8, 4) is 11.3 Å². The number of aryl methyl sites for hydroxylation is 2. The van der Waals surface area contributed by atoms with Crippen LogP contribution in [0, 0.1) is 6.92 Å². The predicted octanol–water partition coefficient (Wildman–Crippen LogP) is 2.38. The second-order valence-electron chi connectivity index (χ2n) is 4.24. The maximum atomic E-state index is 5.65. The van der Waals surface area contributed by atoms with Crippen molar-refractivity contribution >= 4 is 0 Å². The Bertz CT molecular complexity index is 500. The second-order valence-corrected chi connectivity index (χ2v) is 4.24. The van der Waals surface area contributed by atoms with E-state index in [4.69, 9.17) is 5.73 Å². The molecule has 2 N–H and O–H groups in total. The summed E-state index contributed by atoms with van der Waals surface area (Å²) in [6.07, 6.45) is 2.82. The van der Waals surface area contributed by atoms with Gasteiger partial charge in [0, 0.05) is 12.1 Å². The van der Waals surface area contributed by atoms with Gasteiger partial charge in [-0.15, -0.1) is 0 Å². The lowest BCUT2D eigenvalue weighted by Gasteiger charge is -2.08. The molecule has 0 aliphatic carbocycles. The van der Waals surface area contributed by atoms with Gasteiger partial charge in [0.15, 0.2) is 0 Å². The van der Waals surface area contributed by atoms with E-state index in [-0.39, 0.29) is 0 Å². The van der Waals surface area contributed by atoms with Gasteiger partial charge in [-0.1, -0.05) is 23.8 Å². The summed E-state index contributed by atoms with van der Waals surface area (Å²) in [7, 11) is 0. The largest absolute Gasteiger partial charge is 0.330 e. The normalized spacial score (nSPS) is 10.8. The molecule has 0 atom stereocenters. The molecule has 0 radical (unpaired) electrons. The number of rotatable bonds is 4. The number of aromatic nitrogens is 2. The van der Waals surface area contributed by atoms with Crippen LogP contribution in [0.4, 0.5) is 0 Å². The highest BCUT2D eigenvalue weighted by Crippen LogP contribution is 2.24. The van der Waals surface area contributed by atoms with Crippen LogP contribution >= 0.6 is 0 Å². The molecule has 0 unspecified atom stereocenters. The van der Waals surface area contributed by atoms with E-state index < -0.39 is 0 Å². The average molecular weight is 229 g/mol. The number of hydrogen-bond acceptors (Lipinski definition) is 2. The van der Waals surface area contributed by atoms with Crippen LogP contribution in [0.1, 0.15) is 18.1 Å². The molecular formula is C14H19N3. The number of nitrogens with two attached hydrogens (primary N) is 1. The quantitative estimate of drug-likeness (QED) is 0.874. The van der Waals surface area contributed by atoms with E-state index in [1.807, 2.05) is 10.9 Å². The van der Waals surface area contributed by atoms with Gasteiger partial charge in [0.1, 0.15) is 0 Å². The Morgan fingerprint density at radius 3 is 2.82 bits per heavy atom. The molecule has 0 saturated carbocycles. The van der Waals surface area contributed by atoms with Gasteiger partial charge < -0.3 is 5.73 Å². The van der Waals surface area contributed by atoms with Crippen LogP contribution in [0.2, 0.25) is 0 Å². The second kappa shape index (κ2) is 5.15. The standard InChI is InChI=1S/C14H19N3/c1-3-17-14(13(7-8-15)10-16-17)12-6-4-5-11(2)9-12/h4-6,9-10H,3,7-8,15H2,1-2H3. The van der Waals surface area contributed by atoms with Crippen molar-refractivity contribution < 1.29 is 0 Å². The minimum atomic E-state index is 0.661. The number of nitrogens with zero attached hydrogens (tertiary/aromatic N) is 2. The van der Waals surface area contributed by atoms with E-state index in [1.54, 1.807) is 0 Å². The van der Waals surface area contributed by atoms with Crippen molar-refractivity contribution in [2.75, 3.05) is 6.54 Å². The van der Waals surface area contributed by atoms with Crippen LogP contribution in [0.25, 0.3) is 11.3 Å². The van der Waals surface area contributed by atoms with Gasteiger partial charge in [0.2, 0.25) is 0 Å². The molecule has 0 amide bonds. The molecule has 1 heterocycles. The maximum Gasteiger partial charge on any atom is 0.0714 e.